The Bertz CT molecular complexity index is 1040. The zero-order valence-electron chi connectivity index (χ0n) is 14.9. The van der Waals surface area contributed by atoms with Crippen LogP contribution < -0.4 is 0 Å². The van der Waals surface area contributed by atoms with Gasteiger partial charge in [-0.1, -0.05) is 0 Å². The molecule has 1 atom stereocenters. The molecule has 144 valence electrons. The van der Waals surface area contributed by atoms with E-state index in [1.807, 2.05) is 0 Å². The van der Waals surface area contributed by atoms with Gasteiger partial charge in [0.1, 0.15) is 16.2 Å². The zero-order valence-corrected chi connectivity index (χ0v) is 15.7. The highest BCUT2D eigenvalue weighted by Gasteiger charge is 2.65. The first kappa shape index (κ1) is 17.8. The van der Waals surface area contributed by atoms with Crippen molar-refractivity contribution in [3.63, 3.8) is 0 Å². The number of hydrogen-bond acceptors (Lipinski definition) is 6. The number of amides is 1. The van der Waals surface area contributed by atoms with Crippen LogP contribution in [0.2, 0.25) is 0 Å². The molecule has 0 saturated carbocycles. The van der Waals surface area contributed by atoms with Crippen LogP contribution in [0.3, 0.4) is 0 Å². The van der Waals surface area contributed by atoms with Crippen molar-refractivity contribution in [3.05, 3.63) is 29.7 Å². The van der Waals surface area contributed by atoms with E-state index in [2.05, 4.69) is 5.10 Å². The van der Waals surface area contributed by atoms with E-state index in [-0.39, 0.29) is 31.2 Å². The summed E-state index contributed by atoms with van der Waals surface area (Å²) in [5.74, 6) is -1.52. The minimum Gasteiger partial charge on any atom is -0.481 e. The quantitative estimate of drug-likeness (QED) is 0.814. The smallest absolute Gasteiger partial charge is 0.308 e. The number of aryl methyl sites for hydroxylation is 2. The van der Waals surface area contributed by atoms with Crippen molar-refractivity contribution in [2.45, 2.75) is 18.1 Å². The monoisotopic (exact) mass is 393 g/mol. The summed E-state index contributed by atoms with van der Waals surface area (Å²) in [6, 6.07) is 3.48. The number of aliphatic carboxylic acids is 1. The minimum atomic E-state index is -3.56. The van der Waals surface area contributed by atoms with E-state index >= 15 is 0 Å². The summed E-state index contributed by atoms with van der Waals surface area (Å²) >= 11 is 0. The molecule has 4 rings (SSSR count). The van der Waals surface area contributed by atoms with Crippen molar-refractivity contribution >= 4 is 21.7 Å². The van der Waals surface area contributed by atoms with Gasteiger partial charge < -0.3 is 14.4 Å². The van der Waals surface area contributed by atoms with Gasteiger partial charge in [-0.05, 0) is 25.5 Å². The second kappa shape index (κ2) is 5.69. The first-order valence-corrected chi connectivity index (χ1v) is 10.1. The summed E-state index contributed by atoms with van der Waals surface area (Å²) in [5.41, 5.74) is 0.671. The summed E-state index contributed by atoms with van der Waals surface area (Å²) in [6.07, 6.45) is 1.64. The second-order valence-corrected chi connectivity index (χ2v) is 9.65. The van der Waals surface area contributed by atoms with Crippen LogP contribution in [-0.2, 0) is 21.7 Å². The Morgan fingerprint density at radius 2 is 2.04 bits per heavy atom. The fourth-order valence-electron chi connectivity index (χ4n) is 4.02. The molecule has 1 N–H and O–H groups in total. The van der Waals surface area contributed by atoms with Crippen LogP contribution in [0.25, 0.3) is 11.5 Å². The molecule has 2 aliphatic rings. The molecule has 10 heteroatoms. The maximum atomic E-state index is 13.0. The van der Waals surface area contributed by atoms with Crippen LogP contribution in [-0.4, -0.2) is 63.7 Å². The molecular formula is C17H19N3O6S. The lowest BCUT2D eigenvalue weighted by molar-refractivity contribution is -0.144. The van der Waals surface area contributed by atoms with E-state index in [0.717, 1.165) is 0 Å². The van der Waals surface area contributed by atoms with Gasteiger partial charge in [-0.2, -0.15) is 5.10 Å². The molecule has 2 fully saturated rings. The predicted octanol–water partition coefficient (Wildman–Crippen LogP) is 0.702. The Morgan fingerprint density at radius 1 is 1.33 bits per heavy atom. The predicted molar refractivity (Wildman–Crippen MR) is 93.8 cm³/mol. The topological polar surface area (TPSA) is 123 Å². The number of rotatable bonds is 3. The Kier molecular flexibility index (Phi) is 3.74. The van der Waals surface area contributed by atoms with E-state index in [4.69, 9.17) is 4.42 Å². The molecule has 9 nitrogen and oxygen atoms in total. The lowest BCUT2D eigenvalue weighted by Gasteiger charge is -2.48. The molecule has 2 aliphatic heterocycles. The third kappa shape index (κ3) is 2.50. The van der Waals surface area contributed by atoms with Gasteiger partial charge in [-0.3, -0.25) is 14.3 Å². The number of sulfone groups is 1. The van der Waals surface area contributed by atoms with Crippen molar-refractivity contribution in [1.29, 1.82) is 0 Å². The van der Waals surface area contributed by atoms with Gasteiger partial charge in [0, 0.05) is 26.3 Å². The van der Waals surface area contributed by atoms with Crippen molar-refractivity contribution < 1.29 is 27.5 Å². The van der Waals surface area contributed by atoms with Crippen LogP contribution >= 0.6 is 0 Å². The van der Waals surface area contributed by atoms with E-state index < -0.39 is 26.5 Å². The second-order valence-electron chi connectivity index (χ2n) is 7.20. The molecular weight excluding hydrogens is 374 g/mol. The summed E-state index contributed by atoms with van der Waals surface area (Å²) in [4.78, 5) is 25.8. The van der Waals surface area contributed by atoms with E-state index in [1.54, 1.807) is 32.3 Å². The fourth-order valence-corrected chi connectivity index (χ4v) is 6.33. The van der Waals surface area contributed by atoms with Gasteiger partial charge in [0.15, 0.2) is 15.6 Å². The number of carboxylic acids is 1. The average molecular weight is 393 g/mol. The number of carboxylic acid groups (broad SMARTS) is 1. The largest absolute Gasteiger partial charge is 0.481 e. The number of likely N-dealkylation sites (tertiary alicyclic amines) is 1. The number of carbonyl (C=O) groups is 2. The summed E-state index contributed by atoms with van der Waals surface area (Å²) < 4.78 is 30.6. The molecule has 1 unspecified atom stereocenters. The molecule has 1 spiro atoms. The van der Waals surface area contributed by atoms with Crippen LogP contribution in [0, 0.1) is 12.8 Å². The molecule has 1 amide bonds. The summed E-state index contributed by atoms with van der Waals surface area (Å²) in [7, 11) is -1.88. The van der Waals surface area contributed by atoms with Gasteiger partial charge >= 0.3 is 5.97 Å². The number of hydrogen-bond donors (Lipinski definition) is 1. The highest BCUT2D eigenvalue weighted by Crippen LogP contribution is 2.45. The number of aromatic nitrogens is 2. The third-order valence-electron chi connectivity index (χ3n) is 5.46. The SMILES string of the molecule is Cc1ccc(-c2nn(C)cc2C(=O)N2CC3(C2)C(C(=O)O)CCS3(=O)=O)o1. The van der Waals surface area contributed by atoms with Gasteiger partial charge in [-0.25, -0.2) is 8.42 Å². The summed E-state index contributed by atoms with van der Waals surface area (Å²) in [5, 5.41) is 13.7. The molecule has 4 heterocycles. The van der Waals surface area contributed by atoms with Gasteiger partial charge in [0.05, 0.1) is 17.2 Å². The molecule has 27 heavy (non-hydrogen) atoms. The Labute approximate surface area is 155 Å². The van der Waals surface area contributed by atoms with Gasteiger partial charge in [0.2, 0.25) is 0 Å². The third-order valence-corrected chi connectivity index (χ3v) is 8.02. The first-order valence-electron chi connectivity index (χ1n) is 8.49. The molecule has 2 saturated heterocycles. The molecule has 0 aliphatic carbocycles. The maximum absolute atomic E-state index is 13.0. The number of carbonyl (C=O) groups excluding carboxylic acids is 1. The molecule has 0 radical (unpaired) electrons. The van der Waals surface area contributed by atoms with E-state index in [9.17, 15) is 23.1 Å². The van der Waals surface area contributed by atoms with Crippen molar-refractivity contribution in [3.8, 4) is 11.5 Å². The van der Waals surface area contributed by atoms with Gasteiger partial charge in [0.25, 0.3) is 5.91 Å². The standard InChI is InChI=1S/C17H19N3O6S/c1-10-3-4-13(26-10)14-11(7-19(2)18-14)15(21)20-8-17(9-20)12(16(22)23)5-6-27(17,24)25/h3-4,7,12H,5-6,8-9H2,1-2H3,(H,22,23). The van der Waals surface area contributed by atoms with Crippen molar-refractivity contribution in [2.75, 3.05) is 18.8 Å². The van der Waals surface area contributed by atoms with Crippen LogP contribution in [0.5, 0.6) is 0 Å². The zero-order chi connectivity index (χ0) is 19.6. The lowest BCUT2D eigenvalue weighted by atomic mass is 9.83. The Balaban J connectivity index is 1.63. The van der Waals surface area contributed by atoms with Crippen LogP contribution in [0.15, 0.2) is 22.7 Å². The first-order chi connectivity index (χ1) is 12.6. The van der Waals surface area contributed by atoms with Crippen molar-refractivity contribution in [1.82, 2.24) is 14.7 Å². The Morgan fingerprint density at radius 3 is 2.63 bits per heavy atom. The summed E-state index contributed by atoms with van der Waals surface area (Å²) in [6.45, 7) is 1.55. The highest BCUT2D eigenvalue weighted by molar-refractivity contribution is 7.93. The van der Waals surface area contributed by atoms with Gasteiger partial charge in [-0.15, -0.1) is 0 Å². The lowest BCUT2D eigenvalue weighted by Crippen LogP contribution is -2.69. The average Bonchev–Trinajstić information content (AvgIpc) is 3.20. The molecule has 2 aromatic rings. The molecule has 0 bridgehead atoms. The van der Waals surface area contributed by atoms with Crippen LogP contribution in [0.4, 0.5) is 0 Å². The van der Waals surface area contributed by atoms with E-state index in [1.165, 1.54) is 9.58 Å². The Hall–Kier alpha value is -2.62. The van der Waals surface area contributed by atoms with E-state index in [0.29, 0.717) is 22.8 Å². The minimum absolute atomic E-state index is 0.0868. The highest BCUT2D eigenvalue weighted by atomic mass is 32.2. The molecule has 0 aromatic carbocycles. The fraction of sp³-hybridized carbons (Fsp3) is 0.471. The number of furan rings is 1. The number of nitrogens with zero attached hydrogens (tertiary/aromatic N) is 3. The maximum Gasteiger partial charge on any atom is 0.308 e. The molecule has 2 aromatic heterocycles. The normalized spacial score (nSPS) is 22.7. The van der Waals surface area contributed by atoms with Crippen molar-refractivity contribution in [2.24, 2.45) is 13.0 Å². The van der Waals surface area contributed by atoms with Crippen LogP contribution in [0.1, 0.15) is 22.5 Å².